The van der Waals surface area contributed by atoms with Crippen molar-refractivity contribution < 1.29 is 14.3 Å². The van der Waals surface area contributed by atoms with E-state index >= 15 is 0 Å². The van der Waals surface area contributed by atoms with E-state index in [9.17, 15) is 4.79 Å². The number of carbonyl (C=O) groups is 1. The number of carbonyl (C=O) groups excluding carboxylic acids is 1. The van der Waals surface area contributed by atoms with Gasteiger partial charge in [-0.1, -0.05) is 23.8 Å². The highest BCUT2D eigenvalue weighted by molar-refractivity contribution is 7.14. The van der Waals surface area contributed by atoms with E-state index in [0.29, 0.717) is 13.2 Å². The molecule has 3 heterocycles. The lowest BCUT2D eigenvalue weighted by Gasteiger charge is -2.26. The minimum absolute atomic E-state index is 0. The van der Waals surface area contributed by atoms with Gasteiger partial charge in [0.1, 0.15) is 12.4 Å². The predicted molar refractivity (Wildman–Crippen MR) is 121 cm³/mol. The van der Waals surface area contributed by atoms with Crippen LogP contribution in [0.15, 0.2) is 42.0 Å². The first-order chi connectivity index (χ1) is 13.7. The third-order valence-electron chi connectivity index (χ3n) is 5.21. The first-order valence-corrected chi connectivity index (χ1v) is 10.6. The predicted octanol–water partition coefficient (Wildman–Crippen LogP) is 5.17. The molecule has 0 radical (unpaired) electrons. The maximum absolute atomic E-state index is 11.7. The van der Waals surface area contributed by atoms with Gasteiger partial charge in [-0.2, -0.15) is 0 Å². The number of benzene rings is 1. The monoisotopic (exact) mass is 431 g/mol. The van der Waals surface area contributed by atoms with E-state index in [1.165, 1.54) is 33.2 Å². The average Bonchev–Trinajstić information content (AvgIpc) is 3.04. The summed E-state index contributed by atoms with van der Waals surface area (Å²) in [6, 6.07) is 10.5. The molecule has 0 spiro atoms. The normalized spacial score (nSPS) is 16.5. The summed E-state index contributed by atoms with van der Waals surface area (Å²) in [5, 5.41) is 0. The van der Waals surface area contributed by atoms with Gasteiger partial charge in [-0.05, 0) is 45.0 Å². The molecule has 1 saturated heterocycles. The van der Waals surface area contributed by atoms with E-state index in [1.54, 1.807) is 11.3 Å². The van der Waals surface area contributed by atoms with Crippen molar-refractivity contribution in [2.75, 3.05) is 26.7 Å². The van der Waals surface area contributed by atoms with E-state index in [1.807, 2.05) is 19.1 Å². The van der Waals surface area contributed by atoms with Crippen molar-refractivity contribution in [3.63, 3.8) is 0 Å². The van der Waals surface area contributed by atoms with Gasteiger partial charge in [0.05, 0.1) is 6.61 Å². The van der Waals surface area contributed by atoms with Gasteiger partial charge in [-0.3, -0.25) is 0 Å². The van der Waals surface area contributed by atoms with Gasteiger partial charge in [-0.25, -0.2) is 4.79 Å². The summed E-state index contributed by atoms with van der Waals surface area (Å²) >= 11 is 1.73. The zero-order valence-corrected chi connectivity index (χ0v) is 18.4. The minimum Gasteiger partial charge on any atom is -0.488 e. The first kappa shape index (κ1) is 21.6. The van der Waals surface area contributed by atoms with Crippen LogP contribution in [0.5, 0.6) is 5.75 Å². The molecule has 0 unspecified atom stereocenters. The lowest BCUT2D eigenvalue weighted by Crippen LogP contribution is -2.26. The van der Waals surface area contributed by atoms with Gasteiger partial charge >= 0.3 is 5.97 Å². The maximum atomic E-state index is 11.7. The van der Waals surface area contributed by atoms with Crippen LogP contribution in [0.1, 0.15) is 40.6 Å². The Kier molecular flexibility index (Phi) is 7.17. The first-order valence-electron chi connectivity index (χ1n) is 9.76. The van der Waals surface area contributed by atoms with E-state index in [4.69, 9.17) is 9.47 Å². The summed E-state index contributed by atoms with van der Waals surface area (Å²) < 4.78 is 11.1. The highest BCUT2D eigenvalue weighted by Gasteiger charge is 2.25. The molecule has 0 amide bonds. The number of hydrogen-bond acceptors (Lipinski definition) is 5. The second-order valence-electron chi connectivity index (χ2n) is 7.16. The molecule has 154 valence electrons. The second-order valence-corrected chi connectivity index (χ2v) is 8.24. The van der Waals surface area contributed by atoms with Crippen LogP contribution >= 0.6 is 23.7 Å². The Labute approximate surface area is 182 Å². The minimum atomic E-state index is -0.304. The molecule has 2 aliphatic heterocycles. The summed E-state index contributed by atoms with van der Waals surface area (Å²) in [7, 11) is 2.18. The zero-order valence-electron chi connectivity index (χ0n) is 16.8. The van der Waals surface area contributed by atoms with Crippen LogP contribution in [0.2, 0.25) is 0 Å². The van der Waals surface area contributed by atoms with Gasteiger partial charge in [-0.15, -0.1) is 23.7 Å². The Morgan fingerprint density at radius 2 is 2.03 bits per heavy atom. The molecule has 1 aromatic heterocycles. The highest BCUT2D eigenvalue weighted by atomic mass is 35.5. The van der Waals surface area contributed by atoms with Crippen LogP contribution in [0.3, 0.4) is 0 Å². The number of rotatable bonds is 3. The molecular weight excluding hydrogens is 406 g/mol. The van der Waals surface area contributed by atoms with Crippen LogP contribution in [0, 0.1) is 0 Å². The van der Waals surface area contributed by atoms with Crippen LogP contribution < -0.4 is 4.74 Å². The van der Waals surface area contributed by atoms with Crippen molar-refractivity contribution in [2.24, 2.45) is 0 Å². The fourth-order valence-corrected chi connectivity index (χ4v) is 4.94. The van der Waals surface area contributed by atoms with E-state index < -0.39 is 0 Å². The Bertz CT molecular complexity index is 937. The van der Waals surface area contributed by atoms with Crippen LogP contribution in [0.25, 0.3) is 11.6 Å². The molecule has 6 heteroatoms. The summed E-state index contributed by atoms with van der Waals surface area (Å²) in [4.78, 5) is 16.4. The van der Waals surface area contributed by atoms with Crippen molar-refractivity contribution in [3.05, 3.63) is 62.9 Å². The lowest BCUT2D eigenvalue weighted by molar-refractivity contribution is -0.137. The lowest BCUT2D eigenvalue weighted by atomic mass is 9.91. The Morgan fingerprint density at radius 3 is 2.79 bits per heavy atom. The van der Waals surface area contributed by atoms with Crippen LogP contribution in [-0.4, -0.2) is 37.6 Å². The van der Waals surface area contributed by atoms with E-state index in [0.717, 1.165) is 36.6 Å². The van der Waals surface area contributed by atoms with Gasteiger partial charge < -0.3 is 14.4 Å². The molecule has 1 aromatic carbocycles. The molecule has 2 aromatic rings. The molecule has 29 heavy (non-hydrogen) atoms. The van der Waals surface area contributed by atoms with Crippen LogP contribution in [0.4, 0.5) is 0 Å². The quantitative estimate of drug-likeness (QED) is 0.496. The second kappa shape index (κ2) is 9.61. The third kappa shape index (κ3) is 4.74. The summed E-state index contributed by atoms with van der Waals surface area (Å²) in [5.74, 6) is 0.650. The summed E-state index contributed by atoms with van der Waals surface area (Å²) in [5.41, 5.74) is 5.20. The molecule has 4 nitrogen and oxygen atoms in total. The largest absolute Gasteiger partial charge is 0.488 e. The molecule has 0 aliphatic carbocycles. The molecule has 1 fully saturated rings. The van der Waals surface area contributed by atoms with Crippen molar-refractivity contribution in [1.82, 2.24) is 4.90 Å². The fraction of sp³-hybridized carbons (Fsp3) is 0.348. The third-order valence-corrected chi connectivity index (χ3v) is 6.37. The molecule has 0 bridgehead atoms. The molecule has 0 N–H and O–H groups in total. The van der Waals surface area contributed by atoms with Crippen molar-refractivity contribution >= 4 is 41.4 Å². The van der Waals surface area contributed by atoms with Gasteiger partial charge in [0.15, 0.2) is 0 Å². The topological polar surface area (TPSA) is 38.8 Å². The van der Waals surface area contributed by atoms with E-state index in [-0.39, 0.29) is 18.4 Å². The standard InChI is InChI=1S/C23H25NO3S.ClH/c1-3-26-21(25)9-8-18-14-17-15-27-20-7-5-4-6-19(20)22(23(17)28-18)16-10-12-24(2)13-11-16;/h4-9,14H,3,10-13,15H2,1-2H3;1H/b9-8+;. The average molecular weight is 432 g/mol. The van der Waals surface area contributed by atoms with Gasteiger partial charge in [0.2, 0.25) is 0 Å². The Hall–Kier alpha value is -2.08. The number of hydrogen-bond donors (Lipinski definition) is 0. The number of halogens is 1. The number of thiophene rings is 1. The molecule has 0 saturated carbocycles. The molecule has 4 rings (SSSR count). The molecule has 0 atom stereocenters. The summed E-state index contributed by atoms with van der Waals surface area (Å²) in [6.07, 6.45) is 5.50. The Morgan fingerprint density at radius 1 is 1.28 bits per heavy atom. The van der Waals surface area contributed by atoms with E-state index in [2.05, 4.69) is 36.2 Å². The van der Waals surface area contributed by atoms with Crippen LogP contribution in [-0.2, 0) is 16.1 Å². The molecule has 2 aliphatic rings. The number of likely N-dealkylation sites (tertiary alicyclic amines) is 1. The summed E-state index contributed by atoms with van der Waals surface area (Å²) in [6.45, 7) is 4.91. The number of fused-ring (bicyclic) bond motifs is 2. The van der Waals surface area contributed by atoms with Crippen molar-refractivity contribution in [2.45, 2.75) is 26.4 Å². The number of piperidine rings is 1. The van der Waals surface area contributed by atoms with Crippen molar-refractivity contribution in [1.29, 1.82) is 0 Å². The SMILES string of the molecule is CCOC(=O)/C=C/c1cc2c(s1)C(=C1CCN(C)CC1)c1ccccc1OC2.Cl. The van der Waals surface area contributed by atoms with Gasteiger partial charge in [0, 0.05) is 45.6 Å². The highest BCUT2D eigenvalue weighted by Crippen LogP contribution is 2.44. The smallest absolute Gasteiger partial charge is 0.330 e. The maximum Gasteiger partial charge on any atom is 0.330 e. The molecular formula is C23H26ClNO3S. The number of para-hydroxylation sites is 1. The number of ether oxygens (including phenoxy) is 2. The zero-order chi connectivity index (χ0) is 19.5. The van der Waals surface area contributed by atoms with Crippen molar-refractivity contribution in [3.8, 4) is 5.75 Å². The van der Waals surface area contributed by atoms with Gasteiger partial charge in [0.25, 0.3) is 0 Å². The number of nitrogens with zero attached hydrogens (tertiary/aromatic N) is 1. The fourth-order valence-electron chi connectivity index (χ4n) is 3.76. The number of esters is 1. The Balaban J connectivity index is 0.00000240.